The average molecular weight is 399 g/mol. The fourth-order valence-corrected chi connectivity index (χ4v) is 3.92. The van der Waals surface area contributed by atoms with Crippen molar-refractivity contribution in [1.29, 1.82) is 0 Å². The van der Waals surface area contributed by atoms with Crippen molar-refractivity contribution in [1.82, 2.24) is 4.98 Å². The molecule has 2 aromatic carbocycles. The van der Waals surface area contributed by atoms with Crippen molar-refractivity contribution in [2.45, 2.75) is 11.8 Å². The zero-order valence-corrected chi connectivity index (χ0v) is 16.6. The molecular formula is C20H21N3O4S. The molecule has 3 rings (SSSR count). The normalized spacial score (nSPS) is 11.0. The van der Waals surface area contributed by atoms with Crippen LogP contribution in [0, 0.1) is 6.92 Å². The molecule has 0 aliphatic rings. The van der Waals surface area contributed by atoms with Crippen molar-refractivity contribution in [3.05, 3.63) is 66.4 Å². The summed E-state index contributed by atoms with van der Waals surface area (Å²) in [5.74, 6) is 1.52. The van der Waals surface area contributed by atoms with Gasteiger partial charge >= 0.3 is 0 Å². The topological polar surface area (TPSA) is 89.6 Å². The molecule has 2 N–H and O–H groups in total. The molecular weight excluding hydrogens is 378 g/mol. The van der Waals surface area contributed by atoms with Crippen LogP contribution in [0.2, 0.25) is 0 Å². The van der Waals surface area contributed by atoms with E-state index in [9.17, 15) is 8.42 Å². The Bertz CT molecular complexity index is 1070. The molecule has 1 aromatic heterocycles. The van der Waals surface area contributed by atoms with Crippen molar-refractivity contribution >= 4 is 27.2 Å². The van der Waals surface area contributed by atoms with Gasteiger partial charge in [0.05, 0.1) is 31.8 Å². The van der Waals surface area contributed by atoms with Gasteiger partial charge in [0.2, 0.25) is 0 Å². The van der Waals surface area contributed by atoms with Gasteiger partial charge in [-0.05, 0) is 48.9 Å². The highest BCUT2D eigenvalue weighted by atomic mass is 32.2. The van der Waals surface area contributed by atoms with Crippen molar-refractivity contribution in [3.63, 3.8) is 0 Å². The first-order valence-electron chi connectivity index (χ1n) is 8.46. The van der Waals surface area contributed by atoms with E-state index in [1.165, 1.54) is 13.3 Å². The number of hydrogen-bond donors (Lipinski definition) is 2. The number of aryl methyl sites for hydroxylation is 1. The fourth-order valence-electron chi connectivity index (χ4n) is 2.62. The van der Waals surface area contributed by atoms with Gasteiger partial charge < -0.3 is 14.8 Å². The Morgan fingerprint density at radius 3 is 2.36 bits per heavy atom. The van der Waals surface area contributed by atoms with Crippen LogP contribution in [-0.2, 0) is 10.0 Å². The van der Waals surface area contributed by atoms with Crippen LogP contribution < -0.4 is 19.5 Å². The predicted molar refractivity (Wildman–Crippen MR) is 109 cm³/mol. The summed E-state index contributed by atoms with van der Waals surface area (Å²) in [5, 5.41) is 3.14. The maximum absolute atomic E-state index is 12.7. The van der Waals surface area contributed by atoms with Crippen molar-refractivity contribution in [2.24, 2.45) is 0 Å². The molecule has 0 radical (unpaired) electrons. The molecule has 0 aliphatic heterocycles. The fraction of sp³-hybridized carbons (Fsp3) is 0.150. The van der Waals surface area contributed by atoms with E-state index in [0.717, 1.165) is 11.3 Å². The van der Waals surface area contributed by atoms with E-state index in [0.29, 0.717) is 17.3 Å². The lowest BCUT2D eigenvalue weighted by Gasteiger charge is -2.13. The Morgan fingerprint density at radius 2 is 1.68 bits per heavy atom. The molecule has 146 valence electrons. The lowest BCUT2D eigenvalue weighted by molar-refractivity contribution is 0.402. The third kappa shape index (κ3) is 4.34. The highest BCUT2D eigenvalue weighted by Gasteiger charge is 2.20. The van der Waals surface area contributed by atoms with Crippen LogP contribution in [0.1, 0.15) is 5.56 Å². The summed E-state index contributed by atoms with van der Waals surface area (Å²) >= 11 is 0. The van der Waals surface area contributed by atoms with Crippen LogP contribution >= 0.6 is 0 Å². The number of para-hydroxylation sites is 2. The second-order valence-electron chi connectivity index (χ2n) is 6.02. The van der Waals surface area contributed by atoms with Crippen LogP contribution in [0.5, 0.6) is 11.5 Å². The number of methoxy groups -OCH3 is 2. The van der Waals surface area contributed by atoms with Gasteiger partial charge in [-0.15, -0.1) is 0 Å². The number of sulfonamides is 1. The summed E-state index contributed by atoms with van der Waals surface area (Å²) in [6.45, 7) is 1.82. The highest BCUT2D eigenvalue weighted by Crippen LogP contribution is 2.28. The minimum Gasteiger partial charge on any atom is -0.495 e. The molecule has 0 fully saturated rings. The lowest BCUT2D eigenvalue weighted by atomic mass is 10.2. The summed E-state index contributed by atoms with van der Waals surface area (Å²) in [6.07, 6.45) is 1.44. The van der Waals surface area contributed by atoms with Crippen LogP contribution in [0.3, 0.4) is 0 Å². The molecule has 0 amide bonds. The number of benzene rings is 2. The smallest absolute Gasteiger partial charge is 0.265 e. The standard InChI is InChI=1S/C20H21N3O4S/c1-14-8-10-18(27-3)19(12-14)28(24,25)23-15-9-11-20(21-13-15)22-16-6-4-5-7-17(16)26-2/h4-13,23H,1-3H3,(H,21,22). The van der Waals surface area contributed by atoms with Crippen LogP contribution in [-0.4, -0.2) is 27.6 Å². The molecule has 7 nitrogen and oxygen atoms in total. The molecule has 28 heavy (non-hydrogen) atoms. The van der Waals surface area contributed by atoms with Gasteiger partial charge in [0.25, 0.3) is 10.0 Å². The molecule has 0 spiro atoms. The molecule has 0 saturated heterocycles. The Balaban J connectivity index is 1.80. The van der Waals surface area contributed by atoms with E-state index in [-0.39, 0.29) is 10.6 Å². The second-order valence-corrected chi connectivity index (χ2v) is 7.67. The molecule has 1 heterocycles. The Hall–Kier alpha value is -3.26. The summed E-state index contributed by atoms with van der Waals surface area (Å²) in [7, 11) is -0.794. The number of aromatic nitrogens is 1. The maximum atomic E-state index is 12.7. The summed E-state index contributed by atoms with van der Waals surface area (Å²) in [5.41, 5.74) is 1.92. The molecule has 3 aromatic rings. The van der Waals surface area contributed by atoms with Gasteiger partial charge in [-0.2, -0.15) is 0 Å². The van der Waals surface area contributed by atoms with Crippen LogP contribution in [0.15, 0.2) is 65.7 Å². The van der Waals surface area contributed by atoms with Gasteiger partial charge in [0, 0.05) is 0 Å². The van der Waals surface area contributed by atoms with Gasteiger partial charge in [-0.25, -0.2) is 13.4 Å². The molecule has 0 saturated carbocycles. The van der Waals surface area contributed by atoms with Gasteiger partial charge in [0.1, 0.15) is 22.2 Å². The van der Waals surface area contributed by atoms with Crippen molar-refractivity contribution in [3.8, 4) is 11.5 Å². The number of pyridine rings is 1. The number of hydrogen-bond acceptors (Lipinski definition) is 6. The first-order chi connectivity index (χ1) is 13.4. The minimum absolute atomic E-state index is 0.0752. The molecule has 8 heteroatoms. The van der Waals surface area contributed by atoms with Crippen molar-refractivity contribution < 1.29 is 17.9 Å². The SMILES string of the molecule is COc1ccccc1Nc1ccc(NS(=O)(=O)c2cc(C)ccc2OC)cn1. The van der Waals surface area contributed by atoms with Crippen LogP contribution in [0.4, 0.5) is 17.2 Å². The zero-order chi connectivity index (χ0) is 20.1. The zero-order valence-electron chi connectivity index (χ0n) is 15.8. The van der Waals surface area contributed by atoms with E-state index in [4.69, 9.17) is 9.47 Å². The third-order valence-corrected chi connectivity index (χ3v) is 5.40. The Kier molecular flexibility index (Phi) is 5.70. The number of ether oxygens (including phenoxy) is 2. The van der Waals surface area contributed by atoms with E-state index >= 15 is 0 Å². The first kappa shape index (κ1) is 19.5. The molecule has 0 bridgehead atoms. The lowest BCUT2D eigenvalue weighted by Crippen LogP contribution is -2.14. The molecule has 0 atom stereocenters. The first-order valence-corrected chi connectivity index (χ1v) is 9.95. The Labute approximate surface area is 164 Å². The number of nitrogens with one attached hydrogen (secondary N) is 2. The van der Waals surface area contributed by atoms with E-state index in [1.807, 2.05) is 31.2 Å². The quantitative estimate of drug-likeness (QED) is 0.625. The van der Waals surface area contributed by atoms with Crippen molar-refractivity contribution in [2.75, 3.05) is 24.3 Å². The van der Waals surface area contributed by atoms with Crippen LogP contribution in [0.25, 0.3) is 0 Å². The third-order valence-electron chi connectivity index (χ3n) is 3.99. The van der Waals surface area contributed by atoms with Gasteiger partial charge in [-0.3, -0.25) is 4.72 Å². The summed E-state index contributed by atoms with van der Waals surface area (Å²) < 4.78 is 38.5. The maximum Gasteiger partial charge on any atom is 0.265 e. The number of nitrogens with zero attached hydrogens (tertiary/aromatic N) is 1. The molecule has 0 aliphatic carbocycles. The molecule has 0 unspecified atom stereocenters. The van der Waals surface area contributed by atoms with E-state index in [1.54, 1.807) is 37.4 Å². The van der Waals surface area contributed by atoms with E-state index in [2.05, 4.69) is 15.0 Å². The monoisotopic (exact) mass is 399 g/mol. The summed E-state index contributed by atoms with van der Waals surface area (Å²) in [4.78, 5) is 4.34. The largest absolute Gasteiger partial charge is 0.495 e. The second kappa shape index (κ2) is 8.18. The van der Waals surface area contributed by atoms with E-state index < -0.39 is 10.0 Å². The number of anilines is 3. The minimum atomic E-state index is -3.82. The van der Waals surface area contributed by atoms with Gasteiger partial charge in [0.15, 0.2) is 0 Å². The average Bonchev–Trinajstić information content (AvgIpc) is 2.69. The van der Waals surface area contributed by atoms with Gasteiger partial charge in [-0.1, -0.05) is 18.2 Å². The predicted octanol–water partition coefficient (Wildman–Crippen LogP) is 3.95. The summed E-state index contributed by atoms with van der Waals surface area (Å²) in [6, 6.07) is 15.7. The Morgan fingerprint density at radius 1 is 0.929 bits per heavy atom. The highest BCUT2D eigenvalue weighted by molar-refractivity contribution is 7.92. The number of rotatable bonds is 7.